The fourth-order valence-corrected chi connectivity index (χ4v) is 3.46. The number of carbonyl (C=O) groups is 1. The lowest BCUT2D eigenvalue weighted by molar-refractivity contribution is -0.146. The van der Waals surface area contributed by atoms with Gasteiger partial charge in [-0.3, -0.25) is 0 Å². The summed E-state index contributed by atoms with van der Waals surface area (Å²) in [7, 11) is 1.89. The summed E-state index contributed by atoms with van der Waals surface area (Å²) < 4.78 is 11.1. The Balaban J connectivity index is 2.10. The Morgan fingerprint density at radius 2 is 2.04 bits per heavy atom. The van der Waals surface area contributed by atoms with Crippen LogP contribution in [0.25, 0.3) is 0 Å². The first-order valence-electron chi connectivity index (χ1n) is 7.66. The van der Waals surface area contributed by atoms with Gasteiger partial charge in [-0.25, -0.2) is 4.79 Å². The van der Waals surface area contributed by atoms with Gasteiger partial charge in [-0.15, -0.1) is 0 Å². The molecule has 0 fully saturated rings. The van der Waals surface area contributed by atoms with Crippen LogP contribution in [0.4, 0.5) is 5.69 Å². The SMILES string of the molecule is CCOC(=O)C1=CC(O)=CC2(O1)N(C)c1ccccc1C2(C)C. The van der Waals surface area contributed by atoms with Crippen LogP contribution in [-0.4, -0.2) is 30.5 Å². The monoisotopic (exact) mass is 315 g/mol. The number of para-hydroxylation sites is 1. The van der Waals surface area contributed by atoms with Crippen LogP contribution in [0.2, 0.25) is 0 Å². The highest BCUT2D eigenvalue weighted by Crippen LogP contribution is 2.54. The number of esters is 1. The fourth-order valence-electron chi connectivity index (χ4n) is 3.46. The quantitative estimate of drug-likeness (QED) is 0.850. The standard InChI is InChI=1S/C18H21NO4/c1-5-22-16(21)15-10-12(20)11-18(23-15)17(2,3)13-8-6-7-9-14(13)19(18)4/h6-11,20H,5H2,1-4H3. The third kappa shape index (κ3) is 2.03. The first kappa shape index (κ1) is 15.5. The number of likely N-dealkylation sites (N-methyl/N-ethyl adjacent to an activating group) is 1. The summed E-state index contributed by atoms with van der Waals surface area (Å²) in [4.78, 5) is 14.1. The Morgan fingerprint density at radius 3 is 2.70 bits per heavy atom. The van der Waals surface area contributed by atoms with Gasteiger partial charge in [0.05, 0.1) is 12.0 Å². The van der Waals surface area contributed by atoms with Crippen molar-refractivity contribution in [2.24, 2.45) is 0 Å². The third-order valence-corrected chi connectivity index (χ3v) is 4.70. The lowest BCUT2D eigenvalue weighted by Crippen LogP contribution is -2.56. The number of anilines is 1. The van der Waals surface area contributed by atoms with E-state index in [0.717, 1.165) is 11.3 Å². The molecule has 2 aliphatic heterocycles. The molecule has 2 aliphatic rings. The number of fused-ring (bicyclic) bond motifs is 1. The van der Waals surface area contributed by atoms with Crippen molar-refractivity contribution in [2.45, 2.75) is 31.9 Å². The number of aliphatic hydroxyl groups excluding tert-OH is 1. The molecule has 1 spiro atoms. The van der Waals surface area contributed by atoms with Crippen molar-refractivity contribution in [3.05, 3.63) is 53.5 Å². The minimum Gasteiger partial charge on any atom is -0.508 e. The molecule has 1 N–H and O–H groups in total. The van der Waals surface area contributed by atoms with Gasteiger partial charge in [0.15, 0.2) is 0 Å². The molecule has 5 heteroatoms. The highest BCUT2D eigenvalue weighted by atomic mass is 16.6. The molecule has 0 saturated carbocycles. The van der Waals surface area contributed by atoms with Crippen LogP contribution in [0.5, 0.6) is 0 Å². The summed E-state index contributed by atoms with van der Waals surface area (Å²) in [5.41, 5.74) is 0.638. The molecule has 1 aromatic rings. The largest absolute Gasteiger partial charge is 0.508 e. The zero-order chi connectivity index (χ0) is 16.8. The number of rotatable bonds is 2. The highest BCUT2D eigenvalue weighted by Gasteiger charge is 2.58. The third-order valence-electron chi connectivity index (χ3n) is 4.70. The molecule has 23 heavy (non-hydrogen) atoms. The molecular weight excluding hydrogens is 294 g/mol. The molecule has 1 unspecified atom stereocenters. The van der Waals surface area contributed by atoms with Crippen LogP contribution in [0.3, 0.4) is 0 Å². The summed E-state index contributed by atoms with van der Waals surface area (Å²) in [6.07, 6.45) is 2.95. The van der Waals surface area contributed by atoms with Gasteiger partial charge in [0.25, 0.3) is 0 Å². The molecule has 122 valence electrons. The molecule has 0 saturated heterocycles. The summed E-state index contributed by atoms with van der Waals surface area (Å²) in [5.74, 6) is -0.571. The number of hydrogen-bond donors (Lipinski definition) is 1. The van der Waals surface area contributed by atoms with Crippen molar-refractivity contribution in [2.75, 3.05) is 18.6 Å². The van der Waals surface area contributed by atoms with Gasteiger partial charge in [-0.05, 0) is 32.4 Å². The Hall–Kier alpha value is -2.43. The molecule has 0 radical (unpaired) electrons. The predicted molar refractivity (Wildman–Crippen MR) is 87.1 cm³/mol. The maximum Gasteiger partial charge on any atom is 0.373 e. The number of benzene rings is 1. The Bertz CT molecular complexity index is 719. The maximum absolute atomic E-state index is 12.1. The zero-order valence-corrected chi connectivity index (χ0v) is 13.8. The lowest BCUT2D eigenvalue weighted by atomic mass is 9.76. The van der Waals surface area contributed by atoms with Gasteiger partial charge in [-0.2, -0.15) is 0 Å². The molecule has 1 atom stereocenters. The Morgan fingerprint density at radius 1 is 1.35 bits per heavy atom. The molecule has 2 heterocycles. The van der Waals surface area contributed by atoms with Crippen molar-refractivity contribution in [1.82, 2.24) is 0 Å². The summed E-state index contributed by atoms with van der Waals surface area (Å²) in [6.45, 7) is 6.05. The van der Waals surface area contributed by atoms with E-state index in [0.29, 0.717) is 0 Å². The Labute approximate surface area is 135 Å². The van der Waals surface area contributed by atoms with Gasteiger partial charge in [-0.1, -0.05) is 18.2 Å². The van der Waals surface area contributed by atoms with E-state index in [4.69, 9.17) is 9.47 Å². The van der Waals surface area contributed by atoms with E-state index in [2.05, 4.69) is 0 Å². The number of nitrogens with zero attached hydrogens (tertiary/aromatic N) is 1. The van der Waals surface area contributed by atoms with Crippen molar-refractivity contribution >= 4 is 11.7 Å². The smallest absolute Gasteiger partial charge is 0.373 e. The fraction of sp³-hybridized carbons (Fsp3) is 0.389. The number of aliphatic hydroxyl groups is 1. The number of carbonyl (C=O) groups excluding carboxylic acids is 1. The first-order chi connectivity index (χ1) is 10.8. The van der Waals surface area contributed by atoms with E-state index in [1.54, 1.807) is 13.0 Å². The van der Waals surface area contributed by atoms with Crippen molar-refractivity contribution in [3.63, 3.8) is 0 Å². The number of hydrogen-bond acceptors (Lipinski definition) is 5. The number of ether oxygens (including phenoxy) is 2. The van der Waals surface area contributed by atoms with Crippen molar-refractivity contribution < 1.29 is 19.4 Å². The minimum atomic E-state index is -0.988. The van der Waals surface area contributed by atoms with Crippen LogP contribution < -0.4 is 4.90 Å². The van der Waals surface area contributed by atoms with Gasteiger partial charge in [0.1, 0.15) is 5.76 Å². The van der Waals surface area contributed by atoms with Crippen LogP contribution in [-0.2, 0) is 19.7 Å². The zero-order valence-electron chi connectivity index (χ0n) is 13.8. The van der Waals surface area contributed by atoms with E-state index in [1.807, 2.05) is 50.1 Å². The van der Waals surface area contributed by atoms with Gasteiger partial charge >= 0.3 is 5.97 Å². The second kappa shape index (κ2) is 5.05. The van der Waals surface area contributed by atoms with Crippen LogP contribution >= 0.6 is 0 Å². The lowest BCUT2D eigenvalue weighted by Gasteiger charge is -2.45. The van der Waals surface area contributed by atoms with E-state index in [1.165, 1.54) is 6.08 Å². The van der Waals surface area contributed by atoms with Gasteiger partial charge < -0.3 is 19.5 Å². The van der Waals surface area contributed by atoms with Crippen molar-refractivity contribution in [1.29, 1.82) is 0 Å². The van der Waals surface area contributed by atoms with Crippen molar-refractivity contribution in [3.8, 4) is 0 Å². The van der Waals surface area contributed by atoms with Crippen LogP contribution in [0, 0.1) is 0 Å². The second-order valence-electron chi connectivity index (χ2n) is 6.30. The molecule has 0 amide bonds. The topological polar surface area (TPSA) is 59.0 Å². The van der Waals surface area contributed by atoms with E-state index in [9.17, 15) is 9.90 Å². The van der Waals surface area contributed by atoms with E-state index < -0.39 is 17.1 Å². The predicted octanol–water partition coefficient (Wildman–Crippen LogP) is 3.03. The molecule has 5 nitrogen and oxygen atoms in total. The molecule has 1 aromatic carbocycles. The normalized spacial score (nSPS) is 24.6. The van der Waals surface area contributed by atoms with E-state index in [-0.39, 0.29) is 18.1 Å². The van der Waals surface area contributed by atoms with E-state index >= 15 is 0 Å². The Kier molecular flexibility index (Phi) is 3.39. The molecule has 3 rings (SSSR count). The molecular formula is C18H21NO4. The van der Waals surface area contributed by atoms with Crippen LogP contribution in [0.15, 0.2) is 47.9 Å². The van der Waals surface area contributed by atoms with Gasteiger partial charge in [0.2, 0.25) is 11.5 Å². The number of allylic oxidation sites excluding steroid dienone is 1. The minimum absolute atomic E-state index is 0.00738. The summed E-state index contributed by atoms with van der Waals surface area (Å²) >= 11 is 0. The molecule has 0 aliphatic carbocycles. The average Bonchev–Trinajstić information content (AvgIpc) is 2.67. The highest BCUT2D eigenvalue weighted by molar-refractivity contribution is 5.87. The summed E-state index contributed by atoms with van der Waals surface area (Å²) in [5, 5.41) is 10.2. The van der Waals surface area contributed by atoms with Gasteiger partial charge in [0, 0.05) is 24.9 Å². The maximum atomic E-state index is 12.1. The molecule has 0 bridgehead atoms. The molecule has 0 aromatic heterocycles. The second-order valence-corrected chi connectivity index (χ2v) is 6.30. The average molecular weight is 315 g/mol. The first-order valence-corrected chi connectivity index (χ1v) is 7.66. The van der Waals surface area contributed by atoms with Crippen LogP contribution in [0.1, 0.15) is 26.3 Å². The summed E-state index contributed by atoms with van der Waals surface area (Å²) in [6, 6.07) is 7.97.